The lowest BCUT2D eigenvalue weighted by atomic mass is 10.1. The van der Waals surface area contributed by atoms with Crippen molar-refractivity contribution in [1.82, 2.24) is 15.2 Å². The van der Waals surface area contributed by atoms with E-state index in [1.54, 1.807) is 18.3 Å². The average Bonchev–Trinajstić information content (AvgIpc) is 2.58. The molecule has 1 aromatic rings. The smallest absolute Gasteiger partial charge is 0.220 e. The van der Waals surface area contributed by atoms with E-state index in [0.29, 0.717) is 12.0 Å². The van der Waals surface area contributed by atoms with Gasteiger partial charge < -0.3 is 10.2 Å². The fourth-order valence-corrected chi connectivity index (χ4v) is 2.45. The summed E-state index contributed by atoms with van der Waals surface area (Å²) in [6.45, 7) is 8.36. The molecular weight excluding hydrogens is 290 g/mol. The number of aldehydes is 1. The number of carbonyl (C=O) groups is 2. The topological polar surface area (TPSA) is 62.3 Å². The summed E-state index contributed by atoms with van der Waals surface area (Å²) in [5.74, 6) is 0.0966. The molecule has 0 spiro atoms. The molecule has 5 nitrogen and oxygen atoms in total. The van der Waals surface area contributed by atoms with Crippen LogP contribution in [0.25, 0.3) is 0 Å². The Kier molecular flexibility index (Phi) is 9.87. The van der Waals surface area contributed by atoms with Gasteiger partial charge in [-0.05, 0) is 57.5 Å². The third-order valence-electron chi connectivity index (χ3n) is 3.93. The summed E-state index contributed by atoms with van der Waals surface area (Å²) in [5, 5.41) is 2.97. The summed E-state index contributed by atoms with van der Waals surface area (Å²) < 4.78 is 0. The molecular formula is C18H29N3O2. The zero-order valence-corrected chi connectivity index (χ0v) is 14.4. The average molecular weight is 319 g/mol. The normalized spacial score (nSPS) is 10.7. The van der Waals surface area contributed by atoms with Crippen LogP contribution in [0.1, 0.15) is 55.6 Å². The molecule has 5 heteroatoms. The van der Waals surface area contributed by atoms with Gasteiger partial charge in [-0.25, -0.2) is 0 Å². The maximum atomic E-state index is 11.8. The predicted octanol–water partition coefficient (Wildman–Crippen LogP) is 2.46. The summed E-state index contributed by atoms with van der Waals surface area (Å²) in [5.41, 5.74) is 1.49. The number of nitrogens with one attached hydrogen (secondary N) is 1. The van der Waals surface area contributed by atoms with Gasteiger partial charge in [-0.15, -0.1) is 0 Å². The highest BCUT2D eigenvalue weighted by atomic mass is 16.1. The van der Waals surface area contributed by atoms with Crippen molar-refractivity contribution >= 4 is 12.2 Å². The van der Waals surface area contributed by atoms with Gasteiger partial charge in [0.15, 0.2) is 0 Å². The second kappa shape index (κ2) is 11.8. The lowest BCUT2D eigenvalue weighted by Gasteiger charge is -2.17. The zero-order chi connectivity index (χ0) is 16.9. The molecule has 0 aliphatic carbocycles. The van der Waals surface area contributed by atoms with Crippen LogP contribution in [0.5, 0.6) is 0 Å². The molecule has 0 saturated heterocycles. The summed E-state index contributed by atoms with van der Waals surface area (Å²) in [7, 11) is 0. The van der Waals surface area contributed by atoms with Crippen LogP contribution in [0.15, 0.2) is 18.3 Å². The van der Waals surface area contributed by atoms with Crippen molar-refractivity contribution in [2.24, 2.45) is 0 Å². The van der Waals surface area contributed by atoms with E-state index >= 15 is 0 Å². The molecule has 0 bridgehead atoms. The lowest BCUT2D eigenvalue weighted by molar-refractivity contribution is -0.121. The number of aryl methyl sites for hydroxylation is 1. The first-order valence-corrected chi connectivity index (χ1v) is 8.58. The van der Waals surface area contributed by atoms with Crippen LogP contribution in [0, 0.1) is 0 Å². The number of unbranched alkanes of at least 4 members (excludes halogenated alkanes) is 1. The van der Waals surface area contributed by atoms with Gasteiger partial charge in [0.25, 0.3) is 0 Å². The Morgan fingerprint density at radius 1 is 1.26 bits per heavy atom. The van der Waals surface area contributed by atoms with E-state index in [0.717, 1.165) is 63.8 Å². The highest BCUT2D eigenvalue weighted by Gasteiger charge is 2.03. The number of carbonyl (C=O) groups excluding carboxylic acids is 2. The van der Waals surface area contributed by atoms with Crippen molar-refractivity contribution in [3.8, 4) is 0 Å². The second-order valence-electron chi connectivity index (χ2n) is 5.64. The number of aromatic nitrogens is 1. The van der Waals surface area contributed by atoms with Crippen LogP contribution in [-0.4, -0.2) is 48.3 Å². The van der Waals surface area contributed by atoms with Crippen LogP contribution in [0.2, 0.25) is 0 Å². The fraction of sp³-hybridized carbons (Fsp3) is 0.611. The summed E-state index contributed by atoms with van der Waals surface area (Å²) in [6.07, 6.45) is 6.56. The van der Waals surface area contributed by atoms with Gasteiger partial charge in [-0.2, -0.15) is 0 Å². The van der Waals surface area contributed by atoms with Gasteiger partial charge in [0.2, 0.25) is 5.91 Å². The van der Waals surface area contributed by atoms with Crippen LogP contribution in [-0.2, 0) is 11.2 Å². The number of hydrogen-bond acceptors (Lipinski definition) is 4. The van der Waals surface area contributed by atoms with Crippen molar-refractivity contribution in [2.75, 3.05) is 26.2 Å². The molecule has 0 atom stereocenters. The SMILES string of the molecule is CCN(CC)CCCCNC(=O)CCCc1cc(C=O)ccn1. The first-order chi connectivity index (χ1) is 11.2. The molecule has 1 rings (SSSR count). The van der Waals surface area contributed by atoms with Gasteiger partial charge >= 0.3 is 0 Å². The highest BCUT2D eigenvalue weighted by Crippen LogP contribution is 2.04. The Morgan fingerprint density at radius 3 is 2.74 bits per heavy atom. The third kappa shape index (κ3) is 8.45. The Labute approximate surface area is 139 Å². The quantitative estimate of drug-likeness (QED) is 0.475. The van der Waals surface area contributed by atoms with Gasteiger partial charge in [0, 0.05) is 30.4 Å². The Hall–Kier alpha value is -1.75. The van der Waals surface area contributed by atoms with Crippen molar-refractivity contribution in [3.05, 3.63) is 29.6 Å². The molecule has 0 radical (unpaired) electrons. The van der Waals surface area contributed by atoms with E-state index in [1.807, 2.05) is 0 Å². The lowest BCUT2D eigenvalue weighted by Crippen LogP contribution is -2.27. The summed E-state index contributed by atoms with van der Waals surface area (Å²) in [4.78, 5) is 29.1. The molecule has 1 heterocycles. The molecule has 1 amide bonds. The summed E-state index contributed by atoms with van der Waals surface area (Å²) >= 11 is 0. The fourth-order valence-electron chi connectivity index (χ4n) is 2.45. The van der Waals surface area contributed by atoms with E-state index in [9.17, 15) is 9.59 Å². The second-order valence-corrected chi connectivity index (χ2v) is 5.64. The van der Waals surface area contributed by atoms with Gasteiger partial charge in [-0.1, -0.05) is 13.8 Å². The number of hydrogen-bond donors (Lipinski definition) is 1. The molecule has 0 aromatic carbocycles. The Morgan fingerprint density at radius 2 is 2.04 bits per heavy atom. The van der Waals surface area contributed by atoms with Crippen molar-refractivity contribution in [3.63, 3.8) is 0 Å². The molecule has 0 aliphatic rings. The predicted molar refractivity (Wildman–Crippen MR) is 92.6 cm³/mol. The molecule has 0 aliphatic heterocycles. The van der Waals surface area contributed by atoms with Crippen LogP contribution < -0.4 is 5.32 Å². The number of pyridine rings is 1. The zero-order valence-electron chi connectivity index (χ0n) is 14.4. The highest BCUT2D eigenvalue weighted by molar-refractivity contribution is 5.76. The molecule has 1 aromatic heterocycles. The van der Waals surface area contributed by atoms with E-state index in [4.69, 9.17) is 0 Å². The minimum absolute atomic E-state index is 0.0966. The number of rotatable bonds is 12. The minimum Gasteiger partial charge on any atom is -0.356 e. The van der Waals surface area contributed by atoms with Gasteiger partial charge in [0.1, 0.15) is 6.29 Å². The molecule has 128 valence electrons. The van der Waals surface area contributed by atoms with E-state index in [2.05, 4.69) is 29.0 Å². The maximum Gasteiger partial charge on any atom is 0.220 e. The Bertz CT molecular complexity index is 473. The first kappa shape index (κ1) is 19.3. The monoisotopic (exact) mass is 319 g/mol. The van der Waals surface area contributed by atoms with Crippen LogP contribution in [0.4, 0.5) is 0 Å². The van der Waals surface area contributed by atoms with Crippen molar-refractivity contribution < 1.29 is 9.59 Å². The van der Waals surface area contributed by atoms with E-state index in [1.165, 1.54) is 0 Å². The van der Waals surface area contributed by atoms with Gasteiger partial charge in [0.05, 0.1) is 0 Å². The van der Waals surface area contributed by atoms with Gasteiger partial charge in [-0.3, -0.25) is 14.6 Å². The molecule has 0 fully saturated rings. The molecule has 0 saturated carbocycles. The molecule has 0 unspecified atom stereocenters. The molecule has 23 heavy (non-hydrogen) atoms. The largest absolute Gasteiger partial charge is 0.356 e. The minimum atomic E-state index is 0.0966. The Balaban J connectivity index is 2.09. The molecule has 1 N–H and O–H groups in total. The number of amides is 1. The van der Waals surface area contributed by atoms with E-state index in [-0.39, 0.29) is 5.91 Å². The van der Waals surface area contributed by atoms with Crippen molar-refractivity contribution in [2.45, 2.75) is 46.0 Å². The number of nitrogens with zero attached hydrogens (tertiary/aromatic N) is 2. The third-order valence-corrected chi connectivity index (χ3v) is 3.93. The van der Waals surface area contributed by atoms with Crippen LogP contribution in [0.3, 0.4) is 0 Å². The van der Waals surface area contributed by atoms with E-state index < -0.39 is 0 Å². The maximum absolute atomic E-state index is 11.8. The first-order valence-electron chi connectivity index (χ1n) is 8.58. The summed E-state index contributed by atoms with van der Waals surface area (Å²) in [6, 6.07) is 3.46. The van der Waals surface area contributed by atoms with Crippen LogP contribution >= 0.6 is 0 Å². The standard InChI is InChI=1S/C18H29N3O2/c1-3-21(4-2)13-6-5-11-20-18(23)9-7-8-17-14-16(15-22)10-12-19-17/h10,12,14-15H,3-9,11,13H2,1-2H3,(H,20,23). The van der Waals surface area contributed by atoms with Crippen molar-refractivity contribution in [1.29, 1.82) is 0 Å².